The Morgan fingerprint density at radius 3 is 2.69 bits per heavy atom. The van der Waals surface area contributed by atoms with Gasteiger partial charge in [0.05, 0.1) is 0 Å². The fraction of sp³-hybridized carbons (Fsp3) is 1.00. The zero-order valence-corrected chi connectivity index (χ0v) is 11.6. The summed E-state index contributed by atoms with van der Waals surface area (Å²) in [4.78, 5) is 2.66. The number of nitrogens with one attached hydrogen (secondary N) is 1. The van der Waals surface area contributed by atoms with Gasteiger partial charge in [0, 0.05) is 24.1 Å². The van der Waals surface area contributed by atoms with Gasteiger partial charge >= 0.3 is 0 Å². The first-order valence-electron chi connectivity index (χ1n) is 6.69. The summed E-state index contributed by atoms with van der Waals surface area (Å²) < 4.78 is 0. The van der Waals surface area contributed by atoms with Crippen LogP contribution in [0.25, 0.3) is 0 Å². The van der Waals surface area contributed by atoms with Gasteiger partial charge in [-0.05, 0) is 44.3 Å². The van der Waals surface area contributed by atoms with E-state index in [9.17, 15) is 0 Å². The second kappa shape index (κ2) is 5.74. The van der Waals surface area contributed by atoms with Crippen LogP contribution in [0.1, 0.15) is 33.1 Å². The van der Waals surface area contributed by atoms with Gasteiger partial charge in [-0.2, -0.15) is 11.8 Å². The molecule has 0 radical (unpaired) electrons. The van der Waals surface area contributed by atoms with E-state index in [1.54, 1.807) is 0 Å². The molecule has 0 aromatic heterocycles. The molecule has 3 heteroatoms. The van der Waals surface area contributed by atoms with E-state index < -0.39 is 0 Å². The molecule has 2 fully saturated rings. The Labute approximate surface area is 105 Å². The van der Waals surface area contributed by atoms with Crippen LogP contribution >= 0.6 is 11.8 Å². The Morgan fingerprint density at radius 1 is 1.31 bits per heavy atom. The van der Waals surface area contributed by atoms with Crippen LogP contribution in [0.15, 0.2) is 0 Å². The first-order valence-corrected chi connectivity index (χ1v) is 7.85. The second-order valence-corrected chi connectivity index (χ2v) is 7.17. The summed E-state index contributed by atoms with van der Waals surface area (Å²) in [7, 11) is 0. The van der Waals surface area contributed by atoms with Crippen molar-refractivity contribution in [3.05, 3.63) is 0 Å². The van der Waals surface area contributed by atoms with E-state index in [2.05, 4.69) is 35.8 Å². The van der Waals surface area contributed by atoms with Gasteiger partial charge in [-0.1, -0.05) is 13.8 Å². The predicted molar refractivity (Wildman–Crippen MR) is 73.2 cm³/mol. The van der Waals surface area contributed by atoms with Crippen molar-refractivity contribution in [1.29, 1.82) is 0 Å². The number of likely N-dealkylation sites (tertiary alicyclic amines) is 1. The Bertz CT molecular complexity index is 202. The quantitative estimate of drug-likeness (QED) is 0.817. The third-order valence-corrected chi connectivity index (χ3v) is 5.13. The van der Waals surface area contributed by atoms with Crippen LogP contribution in [0.2, 0.25) is 0 Å². The lowest BCUT2D eigenvalue weighted by atomic mass is 9.82. The Hall–Kier alpha value is 0.270. The molecule has 0 aliphatic carbocycles. The van der Waals surface area contributed by atoms with Crippen LogP contribution in [-0.4, -0.2) is 48.6 Å². The summed E-state index contributed by atoms with van der Waals surface area (Å²) in [6, 6.07) is 0.772. The van der Waals surface area contributed by atoms with E-state index in [0.29, 0.717) is 5.41 Å². The number of nitrogens with zero attached hydrogens (tertiary/aromatic N) is 1. The molecule has 2 saturated heterocycles. The van der Waals surface area contributed by atoms with Crippen LogP contribution in [0.3, 0.4) is 0 Å². The Kier molecular flexibility index (Phi) is 4.57. The fourth-order valence-electron chi connectivity index (χ4n) is 2.53. The van der Waals surface area contributed by atoms with Crippen molar-refractivity contribution < 1.29 is 0 Å². The molecule has 0 aromatic rings. The van der Waals surface area contributed by atoms with E-state index in [1.165, 1.54) is 56.9 Å². The largest absolute Gasteiger partial charge is 0.312 e. The zero-order chi connectivity index (χ0) is 11.4. The van der Waals surface area contributed by atoms with Crippen LogP contribution < -0.4 is 5.32 Å². The molecule has 0 aromatic carbocycles. The van der Waals surface area contributed by atoms with Gasteiger partial charge in [0.1, 0.15) is 0 Å². The third kappa shape index (κ3) is 3.94. The minimum absolute atomic E-state index is 0.593. The predicted octanol–water partition coefficient (Wildman–Crippen LogP) is 2.20. The van der Waals surface area contributed by atoms with Gasteiger partial charge in [-0.15, -0.1) is 0 Å². The minimum atomic E-state index is 0.593. The second-order valence-electron chi connectivity index (χ2n) is 6.02. The molecule has 0 spiro atoms. The van der Waals surface area contributed by atoms with Gasteiger partial charge < -0.3 is 10.2 Å². The van der Waals surface area contributed by atoms with E-state index in [1.807, 2.05) is 0 Å². The van der Waals surface area contributed by atoms with Crippen molar-refractivity contribution in [3.63, 3.8) is 0 Å². The van der Waals surface area contributed by atoms with E-state index in [0.717, 1.165) is 6.04 Å². The molecule has 2 nitrogen and oxygen atoms in total. The average molecular weight is 242 g/mol. The summed E-state index contributed by atoms with van der Waals surface area (Å²) in [6.07, 6.45) is 4.09. The number of hydrogen-bond donors (Lipinski definition) is 1. The van der Waals surface area contributed by atoms with Crippen LogP contribution in [0.4, 0.5) is 0 Å². The van der Waals surface area contributed by atoms with Gasteiger partial charge in [-0.25, -0.2) is 0 Å². The van der Waals surface area contributed by atoms with Gasteiger partial charge in [0.15, 0.2) is 0 Å². The summed E-state index contributed by atoms with van der Waals surface area (Å²) in [5.41, 5.74) is 0.593. The minimum Gasteiger partial charge on any atom is -0.312 e. The summed E-state index contributed by atoms with van der Waals surface area (Å²) in [5, 5.41) is 3.63. The van der Waals surface area contributed by atoms with Crippen molar-refractivity contribution in [3.8, 4) is 0 Å². The maximum atomic E-state index is 3.63. The molecule has 94 valence electrons. The highest BCUT2D eigenvalue weighted by Crippen LogP contribution is 2.29. The number of rotatable bonds is 3. The molecular weight excluding hydrogens is 216 g/mol. The topological polar surface area (TPSA) is 15.3 Å². The molecule has 1 unspecified atom stereocenters. The molecular formula is C13H26N2S. The first kappa shape index (κ1) is 12.7. The van der Waals surface area contributed by atoms with Crippen molar-refractivity contribution in [2.45, 2.75) is 39.2 Å². The van der Waals surface area contributed by atoms with Crippen molar-refractivity contribution in [2.75, 3.05) is 37.7 Å². The van der Waals surface area contributed by atoms with Crippen molar-refractivity contribution >= 4 is 11.8 Å². The summed E-state index contributed by atoms with van der Waals surface area (Å²) >= 11 is 2.11. The van der Waals surface area contributed by atoms with Crippen LogP contribution in [0.5, 0.6) is 0 Å². The maximum absolute atomic E-state index is 3.63. The van der Waals surface area contributed by atoms with Crippen molar-refractivity contribution in [1.82, 2.24) is 10.2 Å². The molecule has 16 heavy (non-hydrogen) atoms. The lowest BCUT2D eigenvalue weighted by Crippen LogP contribution is -2.43. The summed E-state index contributed by atoms with van der Waals surface area (Å²) in [6.45, 7) is 9.95. The average Bonchev–Trinajstić information content (AvgIpc) is 2.29. The van der Waals surface area contributed by atoms with E-state index in [4.69, 9.17) is 0 Å². The van der Waals surface area contributed by atoms with Crippen LogP contribution in [0, 0.1) is 5.41 Å². The van der Waals surface area contributed by atoms with Gasteiger partial charge in [0.2, 0.25) is 0 Å². The standard InChI is InChI=1S/C13H26N2S/c1-13(2)4-8-15(9-5-13)7-3-12-11-16-10-6-14-12/h12,14H,3-11H2,1-2H3. The number of thioether (sulfide) groups is 1. The van der Waals surface area contributed by atoms with Gasteiger partial charge in [-0.3, -0.25) is 0 Å². The highest BCUT2D eigenvalue weighted by molar-refractivity contribution is 7.99. The van der Waals surface area contributed by atoms with E-state index >= 15 is 0 Å². The fourth-order valence-corrected chi connectivity index (χ4v) is 3.52. The highest BCUT2D eigenvalue weighted by Gasteiger charge is 2.25. The Balaban J connectivity index is 1.63. The first-order chi connectivity index (χ1) is 7.66. The molecule has 1 N–H and O–H groups in total. The summed E-state index contributed by atoms with van der Waals surface area (Å²) in [5.74, 6) is 2.62. The lowest BCUT2D eigenvalue weighted by Gasteiger charge is -2.37. The van der Waals surface area contributed by atoms with Gasteiger partial charge in [0.25, 0.3) is 0 Å². The monoisotopic (exact) mass is 242 g/mol. The molecule has 2 rings (SSSR count). The number of piperidine rings is 1. The van der Waals surface area contributed by atoms with Crippen LogP contribution in [-0.2, 0) is 0 Å². The smallest absolute Gasteiger partial charge is 0.0170 e. The molecule has 2 heterocycles. The highest BCUT2D eigenvalue weighted by atomic mass is 32.2. The van der Waals surface area contributed by atoms with Crippen molar-refractivity contribution in [2.24, 2.45) is 5.41 Å². The molecule has 0 amide bonds. The molecule has 2 aliphatic rings. The maximum Gasteiger partial charge on any atom is 0.0170 e. The normalized spacial score (nSPS) is 31.5. The molecule has 2 aliphatic heterocycles. The van der Waals surface area contributed by atoms with E-state index in [-0.39, 0.29) is 0 Å². The Morgan fingerprint density at radius 2 is 2.06 bits per heavy atom. The molecule has 0 saturated carbocycles. The third-order valence-electron chi connectivity index (χ3n) is 4.00. The lowest BCUT2D eigenvalue weighted by molar-refractivity contribution is 0.129. The number of hydrogen-bond acceptors (Lipinski definition) is 3. The molecule has 0 bridgehead atoms. The zero-order valence-electron chi connectivity index (χ0n) is 10.8. The SMILES string of the molecule is CC1(C)CCN(CCC2CSCCN2)CC1. The molecule has 1 atom stereocenters.